The number of benzene rings is 3. The number of methoxy groups -OCH3 is 1. The predicted molar refractivity (Wildman–Crippen MR) is 143 cm³/mol. The molecule has 1 aromatic heterocycles. The Balaban J connectivity index is 1.86. The fourth-order valence-electron chi connectivity index (χ4n) is 4.10. The number of amides is 2. The number of nitrogens with one attached hydrogen (secondary N) is 1. The minimum absolute atomic E-state index is 0.217. The van der Waals surface area contributed by atoms with Crippen molar-refractivity contribution in [3.8, 4) is 11.4 Å². The minimum atomic E-state index is -0.516. The van der Waals surface area contributed by atoms with Crippen molar-refractivity contribution in [2.75, 3.05) is 19.0 Å². The van der Waals surface area contributed by atoms with Crippen LogP contribution in [0.2, 0.25) is 0 Å². The zero-order chi connectivity index (χ0) is 25.1. The van der Waals surface area contributed by atoms with E-state index in [0.717, 1.165) is 10.0 Å². The first-order valence-electron chi connectivity index (χ1n) is 11.3. The second-order valence-corrected chi connectivity index (χ2v) is 9.12. The molecule has 0 spiro atoms. The molecule has 0 radical (unpaired) electrons. The molecule has 8 heteroatoms. The van der Waals surface area contributed by atoms with Crippen LogP contribution < -0.4 is 15.6 Å². The summed E-state index contributed by atoms with van der Waals surface area (Å²) in [5.74, 6) is 0.996. The first-order valence-corrected chi connectivity index (χ1v) is 12.1. The van der Waals surface area contributed by atoms with Gasteiger partial charge in [0.1, 0.15) is 11.6 Å². The summed E-state index contributed by atoms with van der Waals surface area (Å²) in [7, 11) is 1.57. The molecule has 4 rings (SSSR count). The fourth-order valence-corrected chi connectivity index (χ4v) is 4.36. The zero-order valence-electron chi connectivity index (χ0n) is 20.1. The summed E-state index contributed by atoms with van der Waals surface area (Å²) < 4.78 is 8.08. The molecular formula is C27H27BrN4O3. The van der Waals surface area contributed by atoms with Crippen molar-refractivity contribution in [1.82, 2.24) is 14.5 Å². The van der Waals surface area contributed by atoms with Crippen LogP contribution in [0.1, 0.15) is 31.3 Å². The van der Waals surface area contributed by atoms with Gasteiger partial charge in [0.2, 0.25) is 0 Å². The Hall–Kier alpha value is -3.65. The van der Waals surface area contributed by atoms with E-state index in [1.54, 1.807) is 22.6 Å². The molecule has 0 aliphatic heterocycles. The number of carbonyl (C=O) groups excluding carboxylic acids is 1. The number of aryl methyl sites for hydroxylation is 1. The summed E-state index contributed by atoms with van der Waals surface area (Å²) in [6.07, 6.45) is 0. The van der Waals surface area contributed by atoms with Gasteiger partial charge in [0, 0.05) is 16.7 Å². The van der Waals surface area contributed by atoms with Crippen LogP contribution in [-0.4, -0.2) is 34.1 Å². The molecule has 180 valence electrons. The van der Waals surface area contributed by atoms with Crippen LogP contribution in [0.3, 0.4) is 0 Å². The maximum absolute atomic E-state index is 13.8. The van der Waals surface area contributed by atoms with Crippen molar-refractivity contribution in [1.29, 1.82) is 0 Å². The number of anilines is 1. The van der Waals surface area contributed by atoms with E-state index in [1.807, 2.05) is 81.4 Å². The quantitative estimate of drug-likeness (QED) is 0.325. The number of urea groups is 1. The van der Waals surface area contributed by atoms with E-state index in [-0.39, 0.29) is 11.6 Å². The molecule has 35 heavy (non-hydrogen) atoms. The standard InChI is InChI=1S/C27H27BrN4O3/c1-5-31(27(34)29-20-13-11-19(28)12-14-20)18(3)25-30-22-9-7-6-8-21(22)26(33)32(25)23-16-17(2)10-15-24(23)35-4/h6-16,18H,5H2,1-4H3,(H,29,34). The Kier molecular flexibility index (Phi) is 7.21. The molecule has 4 aromatic rings. The third-order valence-electron chi connectivity index (χ3n) is 5.92. The Morgan fingerprint density at radius 1 is 1.14 bits per heavy atom. The van der Waals surface area contributed by atoms with Crippen LogP contribution in [0.5, 0.6) is 5.75 Å². The highest BCUT2D eigenvalue weighted by molar-refractivity contribution is 9.10. The van der Waals surface area contributed by atoms with Gasteiger partial charge in [-0.1, -0.05) is 34.1 Å². The van der Waals surface area contributed by atoms with Crippen LogP contribution >= 0.6 is 15.9 Å². The summed E-state index contributed by atoms with van der Waals surface area (Å²) in [6.45, 7) is 6.14. The number of aromatic nitrogens is 2. The Morgan fingerprint density at radius 3 is 2.54 bits per heavy atom. The van der Waals surface area contributed by atoms with E-state index in [2.05, 4.69) is 21.2 Å². The van der Waals surface area contributed by atoms with Gasteiger partial charge in [-0.3, -0.25) is 9.36 Å². The molecule has 0 aliphatic carbocycles. The highest BCUT2D eigenvalue weighted by Gasteiger charge is 2.27. The van der Waals surface area contributed by atoms with E-state index < -0.39 is 6.04 Å². The van der Waals surface area contributed by atoms with Gasteiger partial charge in [-0.25, -0.2) is 9.78 Å². The van der Waals surface area contributed by atoms with Crippen molar-refractivity contribution >= 4 is 38.6 Å². The highest BCUT2D eigenvalue weighted by Crippen LogP contribution is 2.29. The van der Waals surface area contributed by atoms with Gasteiger partial charge in [0.05, 0.1) is 29.7 Å². The third-order valence-corrected chi connectivity index (χ3v) is 6.44. The fraction of sp³-hybridized carbons (Fsp3) is 0.222. The van der Waals surface area contributed by atoms with Crippen LogP contribution in [0.4, 0.5) is 10.5 Å². The number of halogens is 1. The van der Waals surface area contributed by atoms with Gasteiger partial charge in [-0.05, 0) is 74.9 Å². The number of hydrogen-bond donors (Lipinski definition) is 1. The number of ether oxygens (including phenoxy) is 1. The molecule has 3 aromatic carbocycles. The van der Waals surface area contributed by atoms with Gasteiger partial charge in [-0.15, -0.1) is 0 Å². The molecule has 1 heterocycles. The van der Waals surface area contributed by atoms with Crippen molar-refractivity contribution in [2.24, 2.45) is 0 Å². The number of rotatable bonds is 6. The van der Waals surface area contributed by atoms with Crippen molar-refractivity contribution < 1.29 is 9.53 Å². The lowest BCUT2D eigenvalue weighted by Crippen LogP contribution is -2.39. The molecule has 1 N–H and O–H groups in total. The molecule has 0 saturated carbocycles. The van der Waals surface area contributed by atoms with E-state index in [1.165, 1.54) is 0 Å². The van der Waals surface area contributed by atoms with Gasteiger partial charge in [-0.2, -0.15) is 0 Å². The van der Waals surface area contributed by atoms with Crippen LogP contribution in [0.25, 0.3) is 16.6 Å². The summed E-state index contributed by atoms with van der Waals surface area (Å²) in [6, 6.07) is 19.5. The lowest BCUT2D eigenvalue weighted by Gasteiger charge is -2.30. The van der Waals surface area contributed by atoms with Crippen LogP contribution in [0.15, 0.2) is 76.0 Å². The van der Waals surface area contributed by atoms with E-state index >= 15 is 0 Å². The highest BCUT2D eigenvalue weighted by atomic mass is 79.9. The molecule has 0 bridgehead atoms. The van der Waals surface area contributed by atoms with Crippen molar-refractivity contribution in [3.63, 3.8) is 0 Å². The van der Waals surface area contributed by atoms with Crippen molar-refractivity contribution in [2.45, 2.75) is 26.8 Å². The maximum Gasteiger partial charge on any atom is 0.322 e. The van der Waals surface area contributed by atoms with Crippen molar-refractivity contribution in [3.05, 3.63) is 92.9 Å². The van der Waals surface area contributed by atoms with Gasteiger partial charge >= 0.3 is 6.03 Å². The molecular weight excluding hydrogens is 508 g/mol. The normalized spacial score (nSPS) is 11.8. The minimum Gasteiger partial charge on any atom is -0.495 e. The van der Waals surface area contributed by atoms with Gasteiger partial charge in [0.15, 0.2) is 0 Å². The number of hydrogen-bond acceptors (Lipinski definition) is 4. The summed E-state index contributed by atoms with van der Waals surface area (Å²) in [5.41, 5.74) is 2.59. The topological polar surface area (TPSA) is 76.5 Å². The van der Waals surface area contributed by atoms with E-state index in [0.29, 0.717) is 40.4 Å². The smallest absolute Gasteiger partial charge is 0.322 e. The zero-order valence-corrected chi connectivity index (χ0v) is 21.7. The van der Waals surface area contributed by atoms with E-state index in [9.17, 15) is 9.59 Å². The number of nitrogens with zero attached hydrogens (tertiary/aromatic N) is 3. The molecule has 0 saturated heterocycles. The summed E-state index contributed by atoms with van der Waals surface area (Å²) >= 11 is 3.41. The molecule has 0 fully saturated rings. The average Bonchev–Trinajstić information content (AvgIpc) is 2.85. The van der Waals surface area contributed by atoms with Gasteiger partial charge in [0.25, 0.3) is 5.56 Å². The summed E-state index contributed by atoms with van der Waals surface area (Å²) in [4.78, 5) is 33.6. The first kappa shape index (κ1) is 24.5. The lowest BCUT2D eigenvalue weighted by molar-refractivity contribution is 0.193. The van der Waals surface area contributed by atoms with Crippen LogP contribution in [-0.2, 0) is 0 Å². The second kappa shape index (κ2) is 10.3. The van der Waals surface area contributed by atoms with Gasteiger partial charge < -0.3 is 15.0 Å². The molecule has 0 aliphatic rings. The molecule has 7 nitrogen and oxygen atoms in total. The SMILES string of the molecule is CCN(C(=O)Nc1ccc(Br)cc1)C(C)c1nc2ccccc2c(=O)n1-c1cc(C)ccc1OC. The van der Waals surface area contributed by atoms with Crippen LogP contribution in [0, 0.1) is 6.92 Å². The largest absolute Gasteiger partial charge is 0.495 e. The number of para-hydroxylation sites is 1. The third kappa shape index (κ3) is 4.93. The molecule has 1 atom stereocenters. The maximum atomic E-state index is 13.8. The van der Waals surface area contributed by atoms with E-state index in [4.69, 9.17) is 9.72 Å². The molecule has 1 unspecified atom stereocenters. The molecule has 2 amide bonds. The Labute approximate surface area is 212 Å². The Morgan fingerprint density at radius 2 is 1.86 bits per heavy atom. The Bertz CT molecular complexity index is 1430. The monoisotopic (exact) mass is 534 g/mol. The first-order chi connectivity index (χ1) is 16.8. The summed E-state index contributed by atoms with van der Waals surface area (Å²) in [5, 5.41) is 3.43. The number of carbonyl (C=O) groups is 1. The lowest BCUT2D eigenvalue weighted by atomic mass is 10.1. The average molecular weight is 535 g/mol. The predicted octanol–water partition coefficient (Wildman–Crippen LogP) is 6.08. The number of fused-ring (bicyclic) bond motifs is 1. The second-order valence-electron chi connectivity index (χ2n) is 8.20.